The van der Waals surface area contributed by atoms with Crippen LogP contribution >= 0.6 is 0 Å². The van der Waals surface area contributed by atoms with Crippen molar-refractivity contribution >= 4 is 11.6 Å². The molecule has 3 fully saturated rings. The highest BCUT2D eigenvalue weighted by atomic mass is 16.2. The first-order chi connectivity index (χ1) is 16.7. The second kappa shape index (κ2) is 10.7. The molecule has 182 valence electrons. The van der Waals surface area contributed by atoms with E-state index in [0.29, 0.717) is 19.0 Å². The maximum Gasteiger partial charge on any atom is 0.269 e. The lowest BCUT2D eigenvalue weighted by Gasteiger charge is -2.42. The van der Waals surface area contributed by atoms with E-state index < -0.39 is 0 Å². The Morgan fingerprint density at radius 2 is 1.68 bits per heavy atom. The zero-order valence-electron chi connectivity index (χ0n) is 20.1. The lowest BCUT2D eigenvalue weighted by Crippen LogP contribution is -2.54. The van der Waals surface area contributed by atoms with Gasteiger partial charge < -0.3 is 9.80 Å². The van der Waals surface area contributed by atoms with Crippen molar-refractivity contribution in [1.82, 2.24) is 19.6 Å². The predicted molar refractivity (Wildman–Crippen MR) is 134 cm³/mol. The van der Waals surface area contributed by atoms with E-state index in [1.54, 1.807) is 12.3 Å². The Morgan fingerprint density at radius 1 is 0.912 bits per heavy atom. The van der Waals surface area contributed by atoms with Crippen LogP contribution in [0.3, 0.4) is 0 Å². The number of piperidine rings is 1. The smallest absolute Gasteiger partial charge is 0.269 e. The van der Waals surface area contributed by atoms with Crippen LogP contribution in [0.1, 0.15) is 50.5 Å². The van der Waals surface area contributed by atoms with E-state index in [-0.39, 0.29) is 11.5 Å². The van der Waals surface area contributed by atoms with Crippen LogP contribution in [0.25, 0.3) is 0 Å². The zero-order valence-corrected chi connectivity index (χ0v) is 20.1. The quantitative estimate of drug-likeness (QED) is 0.682. The Morgan fingerprint density at radius 3 is 2.41 bits per heavy atom. The maximum absolute atomic E-state index is 13.3. The standard InChI is InChI=1S/C27H37N5O2/c33-26-18-25(19-28-32(26)20-22-8-3-1-4-9-22)31-13-7-10-23(21-31)27(34)30-16-14-29(15-17-30)24-11-5-2-6-12-24/h1,3-4,8-9,18-19,23-24H,2,5-7,10-17,20-21H2. The Hall–Kier alpha value is -2.67. The molecule has 7 nitrogen and oxygen atoms in total. The average Bonchev–Trinajstić information content (AvgIpc) is 2.91. The molecule has 2 saturated heterocycles. The summed E-state index contributed by atoms with van der Waals surface area (Å²) >= 11 is 0. The number of hydrogen-bond donors (Lipinski definition) is 0. The molecule has 1 aromatic heterocycles. The molecule has 0 spiro atoms. The van der Waals surface area contributed by atoms with Gasteiger partial charge in [-0.05, 0) is 31.2 Å². The third kappa shape index (κ3) is 5.35. The monoisotopic (exact) mass is 463 g/mol. The van der Waals surface area contributed by atoms with E-state index in [4.69, 9.17) is 0 Å². The number of benzene rings is 1. The van der Waals surface area contributed by atoms with Crippen LogP contribution in [0.15, 0.2) is 47.4 Å². The third-order valence-corrected chi connectivity index (χ3v) is 7.88. The largest absolute Gasteiger partial charge is 0.369 e. The number of piperazine rings is 1. The fourth-order valence-electron chi connectivity index (χ4n) is 5.90. The van der Waals surface area contributed by atoms with Crippen LogP contribution < -0.4 is 10.5 Å². The van der Waals surface area contributed by atoms with Crippen molar-refractivity contribution in [1.29, 1.82) is 0 Å². The summed E-state index contributed by atoms with van der Waals surface area (Å²) in [5, 5.41) is 4.42. The van der Waals surface area contributed by atoms with Gasteiger partial charge in [-0.15, -0.1) is 0 Å². The molecule has 1 amide bonds. The molecular weight excluding hydrogens is 426 g/mol. The summed E-state index contributed by atoms with van der Waals surface area (Å²) in [5.41, 5.74) is 1.78. The topological polar surface area (TPSA) is 61.7 Å². The van der Waals surface area contributed by atoms with Crippen LogP contribution in [0.5, 0.6) is 0 Å². The van der Waals surface area contributed by atoms with Gasteiger partial charge in [0.25, 0.3) is 5.56 Å². The molecule has 5 rings (SSSR count). The summed E-state index contributed by atoms with van der Waals surface area (Å²) in [7, 11) is 0. The summed E-state index contributed by atoms with van der Waals surface area (Å²) in [5.74, 6) is 0.292. The molecule has 3 aliphatic rings. The fraction of sp³-hybridized carbons (Fsp3) is 0.593. The van der Waals surface area contributed by atoms with E-state index in [1.807, 2.05) is 30.3 Å². The molecular formula is C27H37N5O2. The third-order valence-electron chi connectivity index (χ3n) is 7.88. The first-order valence-corrected chi connectivity index (χ1v) is 13.1. The van der Waals surface area contributed by atoms with Gasteiger partial charge in [-0.25, -0.2) is 4.68 Å². The lowest BCUT2D eigenvalue weighted by molar-refractivity contribution is -0.138. The Labute approximate surface area is 202 Å². The van der Waals surface area contributed by atoms with E-state index in [9.17, 15) is 9.59 Å². The summed E-state index contributed by atoms with van der Waals surface area (Å²) < 4.78 is 1.50. The normalized spacial score (nSPS) is 22.6. The van der Waals surface area contributed by atoms with Gasteiger partial charge >= 0.3 is 0 Å². The molecule has 0 radical (unpaired) electrons. The number of carbonyl (C=O) groups is 1. The van der Waals surface area contributed by atoms with Crippen LogP contribution in [-0.4, -0.2) is 70.8 Å². The number of aromatic nitrogens is 2. The van der Waals surface area contributed by atoms with E-state index in [0.717, 1.165) is 62.9 Å². The number of anilines is 1. The molecule has 0 N–H and O–H groups in total. The molecule has 7 heteroatoms. The van der Waals surface area contributed by atoms with Crippen molar-refractivity contribution in [2.75, 3.05) is 44.2 Å². The van der Waals surface area contributed by atoms with Crippen molar-refractivity contribution in [3.05, 3.63) is 58.5 Å². The van der Waals surface area contributed by atoms with Crippen LogP contribution in [0.2, 0.25) is 0 Å². The van der Waals surface area contributed by atoms with Crippen molar-refractivity contribution in [3.63, 3.8) is 0 Å². The zero-order chi connectivity index (χ0) is 23.3. The minimum Gasteiger partial charge on any atom is -0.369 e. The number of rotatable bonds is 5. The second-order valence-corrected chi connectivity index (χ2v) is 10.1. The van der Waals surface area contributed by atoms with Crippen molar-refractivity contribution in [2.24, 2.45) is 5.92 Å². The SMILES string of the molecule is O=C(C1CCCN(c2cnn(Cc3ccccc3)c(=O)c2)C1)N1CCN(C2CCCCC2)CC1. The van der Waals surface area contributed by atoms with Gasteiger partial charge in [0.1, 0.15) is 0 Å². The summed E-state index contributed by atoms with van der Waals surface area (Å²) in [6.45, 7) is 5.72. The summed E-state index contributed by atoms with van der Waals surface area (Å²) in [4.78, 5) is 32.9. The summed E-state index contributed by atoms with van der Waals surface area (Å²) in [6, 6.07) is 12.3. The highest BCUT2D eigenvalue weighted by Crippen LogP contribution is 2.26. The Kier molecular flexibility index (Phi) is 7.28. The molecule has 34 heavy (non-hydrogen) atoms. The van der Waals surface area contributed by atoms with Crippen molar-refractivity contribution in [2.45, 2.75) is 57.5 Å². The number of hydrogen-bond acceptors (Lipinski definition) is 5. The first-order valence-electron chi connectivity index (χ1n) is 13.1. The first kappa shape index (κ1) is 23.1. The van der Waals surface area contributed by atoms with Gasteiger partial charge in [-0.2, -0.15) is 5.10 Å². The number of nitrogens with zero attached hydrogens (tertiary/aromatic N) is 5. The minimum absolute atomic E-state index is 0.00160. The van der Waals surface area contributed by atoms with E-state index >= 15 is 0 Å². The summed E-state index contributed by atoms with van der Waals surface area (Å²) in [6.07, 6.45) is 10.4. The molecule has 1 saturated carbocycles. The maximum atomic E-state index is 13.3. The molecule has 1 unspecified atom stereocenters. The van der Waals surface area contributed by atoms with Gasteiger partial charge in [0.15, 0.2) is 0 Å². The number of amides is 1. The molecule has 2 aliphatic heterocycles. The number of carbonyl (C=O) groups excluding carboxylic acids is 1. The van der Waals surface area contributed by atoms with Gasteiger partial charge in [0, 0.05) is 51.4 Å². The van der Waals surface area contributed by atoms with Crippen LogP contribution in [0, 0.1) is 5.92 Å². The molecule has 1 aliphatic carbocycles. The van der Waals surface area contributed by atoms with Crippen LogP contribution in [-0.2, 0) is 11.3 Å². The van der Waals surface area contributed by atoms with Gasteiger partial charge in [-0.1, -0.05) is 49.6 Å². The van der Waals surface area contributed by atoms with Crippen LogP contribution in [0.4, 0.5) is 5.69 Å². The average molecular weight is 464 g/mol. The highest BCUT2D eigenvalue weighted by molar-refractivity contribution is 5.80. The molecule has 0 bridgehead atoms. The molecule has 1 aromatic carbocycles. The van der Waals surface area contributed by atoms with Crippen molar-refractivity contribution in [3.8, 4) is 0 Å². The van der Waals surface area contributed by atoms with Gasteiger partial charge in [0.2, 0.25) is 5.91 Å². The fourth-order valence-corrected chi connectivity index (χ4v) is 5.90. The molecule has 1 atom stereocenters. The Bertz CT molecular complexity index is 1010. The highest BCUT2D eigenvalue weighted by Gasteiger charge is 2.33. The predicted octanol–water partition coefficient (Wildman–Crippen LogP) is 2.98. The molecule has 3 heterocycles. The van der Waals surface area contributed by atoms with E-state index in [2.05, 4.69) is 19.8 Å². The lowest BCUT2D eigenvalue weighted by atomic mass is 9.93. The van der Waals surface area contributed by atoms with Gasteiger partial charge in [-0.3, -0.25) is 14.5 Å². The second-order valence-electron chi connectivity index (χ2n) is 10.1. The van der Waals surface area contributed by atoms with Crippen molar-refractivity contribution < 1.29 is 4.79 Å². The Balaban J connectivity index is 1.17. The molecule has 2 aromatic rings. The minimum atomic E-state index is -0.103. The van der Waals surface area contributed by atoms with E-state index in [1.165, 1.54) is 36.8 Å². The van der Waals surface area contributed by atoms with Gasteiger partial charge in [0.05, 0.1) is 24.3 Å².